The molecule has 98 valence electrons. The Morgan fingerprint density at radius 2 is 2.11 bits per heavy atom. The van der Waals surface area contributed by atoms with Gasteiger partial charge in [0.1, 0.15) is 0 Å². The van der Waals surface area contributed by atoms with E-state index in [1.807, 2.05) is 0 Å². The number of unbranched alkanes of at least 4 members (excludes halogenated alkanes) is 1. The van der Waals surface area contributed by atoms with E-state index < -0.39 is 0 Å². The Kier molecular flexibility index (Phi) is 4.79. The normalized spacial score (nSPS) is 11.2. The predicted octanol–water partition coefficient (Wildman–Crippen LogP) is 2.52. The Bertz CT molecular complexity index is 490. The lowest BCUT2D eigenvalue weighted by Crippen LogP contribution is -2.13. The average molecular weight is 246 g/mol. The molecule has 0 unspecified atom stereocenters. The molecule has 2 rings (SSSR count). The van der Waals surface area contributed by atoms with Crippen molar-refractivity contribution in [2.75, 3.05) is 13.2 Å². The molecule has 0 aliphatic carbocycles. The number of nitrogens with zero attached hydrogens (tertiary/aromatic N) is 1. The summed E-state index contributed by atoms with van der Waals surface area (Å²) in [6.07, 6.45) is 4.04. The van der Waals surface area contributed by atoms with E-state index >= 15 is 0 Å². The summed E-state index contributed by atoms with van der Waals surface area (Å²) in [6, 6.07) is 8.64. The molecule has 1 heterocycles. The molecule has 18 heavy (non-hydrogen) atoms. The fourth-order valence-corrected chi connectivity index (χ4v) is 2.32. The fourth-order valence-electron chi connectivity index (χ4n) is 2.32. The van der Waals surface area contributed by atoms with Gasteiger partial charge in [-0.3, -0.25) is 0 Å². The Morgan fingerprint density at radius 1 is 1.22 bits per heavy atom. The van der Waals surface area contributed by atoms with Gasteiger partial charge in [0.2, 0.25) is 0 Å². The minimum Gasteiger partial charge on any atom is -0.396 e. The monoisotopic (exact) mass is 246 g/mol. The fraction of sp³-hybridized carbons (Fsp3) is 0.467. The molecule has 0 atom stereocenters. The third-order valence-electron chi connectivity index (χ3n) is 3.24. The van der Waals surface area contributed by atoms with Crippen LogP contribution < -0.4 is 5.32 Å². The summed E-state index contributed by atoms with van der Waals surface area (Å²) in [5, 5.41) is 13.5. The van der Waals surface area contributed by atoms with Gasteiger partial charge in [-0.2, -0.15) is 0 Å². The highest BCUT2D eigenvalue weighted by Gasteiger charge is 2.05. The van der Waals surface area contributed by atoms with Gasteiger partial charge in [-0.25, -0.2) is 0 Å². The topological polar surface area (TPSA) is 37.2 Å². The first-order valence-electron chi connectivity index (χ1n) is 6.75. The van der Waals surface area contributed by atoms with E-state index in [-0.39, 0.29) is 6.61 Å². The number of hydrogen-bond acceptors (Lipinski definition) is 2. The highest BCUT2D eigenvalue weighted by Crippen LogP contribution is 2.21. The molecule has 0 saturated carbocycles. The second-order valence-electron chi connectivity index (χ2n) is 4.58. The van der Waals surface area contributed by atoms with E-state index in [2.05, 4.69) is 47.3 Å². The number of fused-ring (bicyclic) bond motifs is 1. The lowest BCUT2D eigenvalue weighted by atomic mass is 10.1. The number of para-hydroxylation sites is 1. The molecule has 0 aliphatic heterocycles. The van der Waals surface area contributed by atoms with Crippen molar-refractivity contribution in [1.82, 2.24) is 9.88 Å². The van der Waals surface area contributed by atoms with Gasteiger partial charge in [-0.05, 0) is 36.4 Å². The Morgan fingerprint density at radius 3 is 2.89 bits per heavy atom. The highest BCUT2D eigenvalue weighted by molar-refractivity contribution is 5.83. The summed E-state index contributed by atoms with van der Waals surface area (Å²) in [6.45, 7) is 5.29. The minimum absolute atomic E-state index is 0.281. The van der Waals surface area contributed by atoms with Crippen LogP contribution in [0.5, 0.6) is 0 Å². The number of hydrogen-bond donors (Lipinski definition) is 2. The molecule has 2 N–H and O–H groups in total. The second kappa shape index (κ2) is 6.57. The third-order valence-corrected chi connectivity index (χ3v) is 3.24. The number of aliphatic hydroxyl groups excluding tert-OH is 1. The number of aryl methyl sites for hydroxylation is 1. The summed E-state index contributed by atoms with van der Waals surface area (Å²) in [7, 11) is 0. The number of benzene rings is 1. The van der Waals surface area contributed by atoms with Crippen molar-refractivity contribution in [1.29, 1.82) is 0 Å². The Hall–Kier alpha value is -1.32. The average Bonchev–Trinajstić information content (AvgIpc) is 2.81. The van der Waals surface area contributed by atoms with Gasteiger partial charge in [0.05, 0.1) is 5.52 Å². The van der Waals surface area contributed by atoms with Crippen LogP contribution in [0.1, 0.15) is 25.3 Å². The molecular formula is C15H22N2O. The molecule has 0 fully saturated rings. The molecular weight excluding hydrogens is 224 g/mol. The summed E-state index contributed by atoms with van der Waals surface area (Å²) >= 11 is 0. The lowest BCUT2D eigenvalue weighted by Gasteiger charge is -2.10. The van der Waals surface area contributed by atoms with Gasteiger partial charge < -0.3 is 15.0 Å². The first-order chi connectivity index (χ1) is 8.86. The molecule has 1 aromatic heterocycles. The van der Waals surface area contributed by atoms with E-state index in [1.165, 1.54) is 16.5 Å². The second-order valence-corrected chi connectivity index (χ2v) is 4.58. The van der Waals surface area contributed by atoms with Crippen LogP contribution in [0, 0.1) is 0 Å². The van der Waals surface area contributed by atoms with Crippen LogP contribution in [-0.2, 0) is 13.1 Å². The zero-order chi connectivity index (χ0) is 12.8. The van der Waals surface area contributed by atoms with Crippen LogP contribution in [0.3, 0.4) is 0 Å². The predicted molar refractivity (Wildman–Crippen MR) is 75.6 cm³/mol. The van der Waals surface area contributed by atoms with Crippen LogP contribution in [0.25, 0.3) is 10.9 Å². The summed E-state index contributed by atoms with van der Waals surface area (Å²) in [5.74, 6) is 0. The maximum absolute atomic E-state index is 8.86. The number of rotatable bonds is 7. The van der Waals surface area contributed by atoms with E-state index in [9.17, 15) is 0 Å². The lowest BCUT2D eigenvalue weighted by molar-refractivity contribution is 0.281. The highest BCUT2D eigenvalue weighted by atomic mass is 16.2. The van der Waals surface area contributed by atoms with Gasteiger partial charge in [-0.15, -0.1) is 0 Å². The van der Waals surface area contributed by atoms with E-state index in [4.69, 9.17) is 5.11 Å². The van der Waals surface area contributed by atoms with Crippen LogP contribution in [0.2, 0.25) is 0 Å². The van der Waals surface area contributed by atoms with E-state index in [1.54, 1.807) is 0 Å². The summed E-state index contributed by atoms with van der Waals surface area (Å²) < 4.78 is 2.30. The van der Waals surface area contributed by atoms with Crippen molar-refractivity contribution in [2.45, 2.75) is 32.9 Å². The summed E-state index contributed by atoms with van der Waals surface area (Å²) in [4.78, 5) is 0. The molecule has 0 saturated heterocycles. The van der Waals surface area contributed by atoms with Crippen LogP contribution in [0.15, 0.2) is 30.5 Å². The van der Waals surface area contributed by atoms with Crippen LogP contribution >= 0.6 is 0 Å². The van der Waals surface area contributed by atoms with Crippen LogP contribution in [0.4, 0.5) is 0 Å². The molecule has 0 spiro atoms. The molecule has 0 radical (unpaired) electrons. The molecule has 3 heteroatoms. The van der Waals surface area contributed by atoms with E-state index in [0.29, 0.717) is 0 Å². The zero-order valence-electron chi connectivity index (χ0n) is 11.0. The molecule has 2 aromatic rings. The zero-order valence-corrected chi connectivity index (χ0v) is 11.0. The SMILES string of the molecule is CCNCc1cccc2ccn(CCCCO)c12. The third kappa shape index (κ3) is 2.92. The smallest absolute Gasteiger partial charge is 0.0525 e. The first kappa shape index (κ1) is 13.1. The van der Waals surface area contributed by atoms with Crippen LogP contribution in [-0.4, -0.2) is 22.8 Å². The molecule has 3 nitrogen and oxygen atoms in total. The van der Waals surface area contributed by atoms with E-state index in [0.717, 1.165) is 32.5 Å². The van der Waals surface area contributed by atoms with Gasteiger partial charge in [0.15, 0.2) is 0 Å². The summed E-state index contributed by atoms with van der Waals surface area (Å²) in [5.41, 5.74) is 2.68. The standard InChI is InChI=1S/C15H22N2O/c1-2-16-12-14-7-5-6-13-8-10-17(15(13)14)9-3-4-11-18/h5-8,10,16,18H,2-4,9,11-12H2,1H3. The maximum atomic E-state index is 8.86. The largest absolute Gasteiger partial charge is 0.396 e. The maximum Gasteiger partial charge on any atom is 0.0525 e. The van der Waals surface area contributed by atoms with Crippen molar-refractivity contribution in [3.8, 4) is 0 Å². The minimum atomic E-state index is 0.281. The number of aliphatic hydroxyl groups is 1. The molecule has 0 aliphatic rings. The Balaban J connectivity index is 2.23. The molecule has 0 amide bonds. The van der Waals surface area contributed by atoms with Crippen molar-refractivity contribution >= 4 is 10.9 Å². The van der Waals surface area contributed by atoms with Gasteiger partial charge in [0, 0.05) is 25.9 Å². The molecule has 1 aromatic carbocycles. The number of nitrogens with one attached hydrogen (secondary N) is 1. The Labute approximate surface area is 108 Å². The van der Waals surface area contributed by atoms with Crippen molar-refractivity contribution in [3.05, 3.63) is 36.0 Å². The van der Waals surface area contributed by atoms with Gasteiger partial charge >= 0.3 is 0 Å². The van der Waals surface area contributed by atoms with Crippen molar-refractivity contribution in [2.24, 2.45) is 0 Å². The van der Waals surface area contributed by atoms with Crippen molar-refractivity contribution < 1.29 is 5.11 Å². The number of aromatic nitrogens is 1. The first-order valence-corrected chi connectivity index (χ1v) is 6.75. The van der Waals surface area contributed by atoms with Gasteiger partial charge in [0.25, 0.3) is 0 Å². The quantitative estimate of drug-likeness (QED) is 0.737. The molecule has 0 bridgehead atoms. The van der Waals surface area contributed by atoms with Crippen molar-refractivity contribution in [3.63, 3.8) is 0 Å². The van der Waals surface area contributed by atoms with Gasteiger partial charge in [-0.1, -0.05) is 25.1 Å².